The highest BCUT2D eigenvalue weighted by molar-refractivity contribution is 5.69. The van der Waals surface area contributed by atoms with Gasteiger partial charge >= 0.3 is 5.97 Å². The summed E-state index contributed by atoms with van der Waals surface area (Å²) in [7, 11) is 0. The Morgan fingerprint density at radius 1 is 1.00 bits per heavy atom. The Balaban J connectivity index is 2.43. The first kappa shape index (κ1) is 15.2. The van der Waals surface area contributed by atoms with Crippen LogP contribution in [0, 0.1) is 0 Å². The fraction of sp³-hybridized carbons (Fsp3) is 0.353. The molecule has 110 valence electrons. The fourth-order valence-corrected chi connectivity index (χ4v) is 2.22. The zero-order valence-electron chi connectivity index (χ0n) is 12.7. The standard InChI is InChI=1S/C17H20N2O2/c1-4-14-15(5-2)19-17(21-12(3)20)16(18-14)11-13-9-7-6-8-10-13/h6-10H,4-5,11H2,1-3H3. The van der Waals surface area contributed by atoms with Crippen LogP contribution in [0.5, 0.6) is 5.88 Å². The lowest BCUT2D eigenvalue weighted by atomic mass is 10.1. The van der Waals surface area contributed by atoms with Crippen molar-refractivity contribution in [3.8, 4) is 5.88 Å². The van der Waals surface area contributed by atoms with Crippen LogP contribution in [0.2, 0.25) is 0 Å². The molecule has 2 aromatic rings. The second-order valence-electron chi connectivity index (χ2n) is 4.83. The van der Waals surface area contributed by atoms with E-state index in [1.807, 2.05) is 37.3 Å². The van der Waals surface area contributed by atoms with Crippen LogP contribution >= 0.6 is 0 Å². The van der Waals surface area contributed by atoms with Gasteiger partial charge in [0.2, 0.25) is 5.88 Å². The van der Waals surface area contributed by atoms with Crippen molar-refractivity contribution in [3.63, 3.8) is 0 Å². The Morgan fingerprint density at radius 2 is 1.62 bits per heavy atom. The van der Waals surface area contributed by atoms with Gasteiger partial charge in [0.15, 0.2) is 0 Å². The molecule has 0 atom stereocenters. The molecule has 4 nitrogen and oxygen atoms in total. The van der Waals surface area contributed by atoms with Crippen LogP contribution in [0.1, 0.15) is 43.4 Å². The number of ether oxygens (including phenoxy) is 1. The molecule has 1 heterocycles. The third-order valence-electron chi connectivity index (χ3n) is 3.21. The predicted molar refractivity (Wildman–Crippen MR) is 81.3 cm³/mol. The number of benzene rings is 1. The van der Waals surface area contributed by atoms with Gasteiger partial charge in [-0.25, -0.2) is 9.97 Å². The molecule has 0 saturated heterocycles. The van der Waals surface area contributed by atoms with Gasteiger partial charge in [0.05, 0.1) is 11.4 Å². The van der Waals surface area contributed by atoms with E-state index >= 15 is 0 Å². The molecule has 2 rings (SSSR count). The van der Waals surface area contributed by atoms with E-state index in [0.29, 0.717) is 18.0 Å². The van der Waals surface area contributed by atoms with Crippen LogP contribution < -0.4 is 4.74 Å². The van der Waals surface area contributed by atoms with Gasteiger partial charge in [-0.05, 0) is 18.4 Å². The highest BCUT2D eigenvalue weighted by Gasteiger charge is 2.15. The largest absolute Gasteiger partial charge is 0.406 e. The van der Waals surface area contributed by atoms with Crippen molar-refractivity contribution >= 4 is 5.97 Å². The van der Waals surface area contributed by atoms with Gasteiger partial charge < -0.3 is 4.74 Å². The molecule has 0 bridgehead atoms. The van der Waals surface area contributed by atoms with E-state index < -0.39 is 0 Å². The Bertz CT molecular complexity index is 624. The minimum atomic E-state index is -0.370. The summed E-state index contributed by atoms with van der Waals surface area (Å²) in [4.78, 5) is 20.4. The molecular weight excluding hydrogens is 264 g/mol. The van der Waals surface area contributed by atoms with Crippen LogP contribution in [0.3, 0.4) is 0 Å². The summed E-state index contributed by atoms with van der Waals surface area (Å²) >= 11 is 0. The molecule has 0 aliphatic heterocycles. The summed E-state index contributed by atoms with van der Waals surface area (Å²) in [5.41, 5.74) is 3.70. The number of aryl methyl sites for hydroxylation is 2. The Kier molecular flexibility index (Phi) is 5.04. The van der Waals surface area contributed by atoms with Crippen LogP contribution in [0.4, 0.5) is 0 Å². The van der Waals surface area contributed by atoms with Crippen molar-refractivity contribution < 1.29 is 9.53 Å². The third-order valence-corrected chi connectivity index (χ3v) is 3.21. The van der Waals surface area contributed by atoms with E-state index in [2.05, 4.69) is 16.9 Å². The normalized spacial score (nSPS) is 10.4. The summed E-state index contributed by atoms with van der Waals surface area (Å²) in [5.74, 6) is -0.0367. The van der Waals surface area contributed by atoms with Gasteiger partial charge in [-0.15, -0.1) is 0 Å². The van der Waals surface area contributed by atoms with Gasteiger partial charge in [-0.1, -0.05) is 44.2 Å². The second kappa shape index (κ2) is 6.97. The maximum atomic E-state index is 11.3. The Labute approximate surface area is 125 Å². The van der Waals surface area contributed by atoms with Gasteiger partial charge in [-0.3, -0.25) is 4.79 Å². The summed E-state index contributed by atoms with van der Waals surface area (Å²) in [6.07, 6.45) is 2.20. The zero-order valence-corrected chi connectivity index (χ0v) is 12.7. The highest BCUT2D eigenvalue weighted by Crippen LogP contribution is 2.21. The number of hydrogen-bond donors (Lipinski definition) is 0. The minimum absolute atomic E-state index is 0.334. The quantitative estimate of drug-likeness (QED) is 0.792. The van der Waals surface area contributed by atoms with E-state index in [1.54, 1.807) is 0 Å². The molecule has 0 radical (unpaired) electrons. The summed E-state index contributed by atoms with van der Waals surface area (Å²) in [6.45, 7) is 5.46. The first-order valence-corrected chi connectivity index (χ1v) is 7.25. The molecule has 0 amide bonds. The molecule has 0 aliphatic carbocycles. The summed E-state index contributed by atoms with van der Waals surface area (Å²) in [5, 5.41) is 0. The van der Waals surface area contributed by atoms with Crippen molar-refractivity contribution in [2.24, 2.45) is 0 Å². The Morgan fingerprint density at radius 3 is 2.19 bits per heavy atom. The topological polar surface area (TPSA) is 52.1 Å². The van der Waals surface area contributed by atoms with Crippen molar-refractivity contribution in [1.29, 1.82) is 0 Å². The number of esters is 1. The van der Waals surface area contributed by atoms with E-state index in [0.717, 1.165) is 29.8 Å². The zero-order chi connectivity index (χ0) is 15.2. The monoisotopic (exact) mass is 284 g/mol. The predicted octanol–water partition coefficient (Wildman–Crippen LogP) is 3.12. The van der Waals surface area contributed by atoms with Crippen molar-refractivity contribution in [2.45, 2.75) is 40.0 Å². The second-order valence-corrected chi connectivity index (χ2v) is 4.83. The third kappa shape index (κ3) is 3.88. The number of rotatable bonds is 5. The number of aromatic nitrogens is 2. The van der Waals surface area contributed by atoms with Crippen LogP contribution in [-0.2, 0) is 24.1 Å². The number of carbonyl (C=O) groups is 1. The number of nitrogens with zero attached hydrogens (tertiary/aromatic N) is 2. The molecule has 4 heteroatoms. The first-order chi connectivity index (χ1) is 10.1. The van der Waals surface area contributed by atoms with E-state index in [9.17, 15) is 4.79 Å². The lowest BCUT2D eigenvalue weighted by molar-refractivity contribution is -0.132. The molecular formula is C17H20N2O2. The molecule has 0 unspecified atom stereocenters. The van der Waals surface area contributed by atoms with Crippen molar-refractivity contribution in [2.75, 3.05) is 0 Å². The van der Waals surface area contributed by atoms with Gasteiger partial charge in [-0.2, -0.15) is 0 Å². The highest BCUT2D eigenvalue weighted by atomic mass is 16.5. The number of hydrogen-bond acceptors (Lipinski definition) is 4. The molecule has 21 heavy (non-hydrogen) atoms. The van der Waals surface area contributed by atoms with E-state index in [-0.39, 0.29) is 5.97 Å². The van der Waals surface area contributed by atoms with Gasteiger partial charge in [0.25, 0.3) is 0 Å². The van der Waals surface area contributed by atoms with Crippen molar-refractivity contribution in [3.05, 3.63) is 53.0 Å². The van der Waals surface area contributed by atoms with Crippen LogP contribution in [0.25, 0.3) is 0 Å². The molecule has 1 aromatic carbocycles. The number of carbonyl (C=O) groups excluding carboxylic acids is 1. The van der Waals surface area contributed by atoms with Crippen molar-refractivity contribution in [1.82, 2.24) is 9.97 Å². The lowest BCUT2D eigenvalue weighted by Gasteiger charge is -2.12. The average molecular weight is 284 g/mol. The maximum Gasteiger partial charge on any atom is 0.309 e. The van der Waals surface area contributed by atoms with Crippen LogP contribution in [-0.4, -0.2) is 15.9 Å². The van der Waals surface area contributed by atoms with Crippen LogP contribution in [0.15, 0.2) is 30.3 Å². The smallest absolute Gasteiger partial charge is 0.309 e. The average Bonchev–Trinajstić information content (AvgIpc) is 2.49. The molecule has 0 aliphatic rings. The molecule has 0 fully saturated rings. The lowest BCUT2D eigenvalue weighted by Crippen LogP contribution is -2.12. The molecule has 0 saturated carbocycles. The first-order valence-electron chi connectivity index (χ1n) is 7.25. The minimum Gasteiger partial charge on any atom is -0.406 e. The Hall–Kier alpha value is -2.23. The molecule has 1 aromatic heterocycles. The van der Waals surface area contributed by atoms with Gasteiger partial charge in [0, 0.05) is 13.3 Å². The maximum absolute atomic E-state index is 11.3. The molecule has 0 spiro atoms. The summed E-state index contributed by atoms with van der Waals surface area (Å²) < 4.78 is 5.25. The summed E-state index contributed by atoms with van der Waals surface area (Å²) in [6, 6.07) is 9.99. The van der Waals surface area contributed by atoms with E-state index in [1.165, 1.54) is 6.92 Å². The molecule has 0 N–H and O–H groups in total. The van der Waals surface area contributed by atoms with E-state index in [4.69, 9.17) is 4.74 Å². The SMILES string of the molecule is CCc1nc(Cc2ccccc2)c(OC(C)=O)nc1CC. The van der Waals surface area contributed by atoms with Gasteiger partial charge in [0.1, 0.15) is 5.69 Å². The fourth-order valence-electron chi connectivity index (χ4n) is 2.22.